The standard InChI is InChI=1S/C17H22N2O2/c1-17(2,3)18-9-12-8-16(21-13-10-20-11-13)19-15-7-5-4-6-14(12)15/h4-8,13,18H,9-11H2,1-3H3. The summed E-state index contributed by atoms with van der Waals surface area (Å²) >= 11 is 0. The minimum Gasteiger partial charge on any atom is -0.469 e. The molecule has 0 atom stereocenters. The fraction of sp³-hybridized carbons (Fsp3) is 0.471. The van der Waals surface area contributed by atoms with Crippen LogP contribution in [0.1, 0.15) is 26.3 Å². The summed E-state index contributed by atoms with van der Waals surface area (Å²) in [5.41, 5.74) is 2.26. The molecule has 0 amide bonds. The normalized spacial score (nSPS) is 16.0. The number of aromatic nitrogens is 1. The average molecular weight is 286 g/mol. The molecule has 1 aliphatic heterocycles. The van der Waals surface area contributed by atoms with Crippen LogP contribution in [0.4, 0.5) is 0 Å². The van der Waals surface area contributed by atoms with Crippen molar-refractivity contribution in [2.45, 2.75) is 39.0 Å². The zero-order valence-electron chi connectivity index (χ0n) is 12.8. The number of hydrogen-bond donors (Lipinski definition) is 1. The highest BCUT2D eigenvalue weighted by molar-refractivity contribution is 5.82. The highest BCUT2D eigenvalue weighted by atomic mass is 16.6. The summed E-state index contributed by atoms with van der Waals surface area (Å²) in [6, 6.07) is 10.2. The highest BCUT2D eigenvalue weighted by Gasteiger charge is 2.21. The van der Waals surface area contributed by atoms with E-state index in [2.05, 4.69) is 37.1 Å². The van der Waals surface area contributed by atoms with Gasteiger partial charge in [-0.05, 0) is 32.4 Å². The largest absolute Gasteiger partial charge is 0.469 e. The molecule has 0 radical (unpaired) electrons. The first-order chi connectivity index (χ1) is 10.0. The maximum Gasteiger partial charge on any atom is 0.214 e. The molecule has 2 aromatic rings. The van der Waals surface area contributed by atoms with Gasteiger partial charge >= 0.3 is 0 Å². The fourth-order valence-electron chi connectivity index (χ4n) is 2.24. The maximum absolute atomic E-state index is 5.87. The lowest BCUT2D eigenvalue weighted by atomic mass is 10.1. The number of nitrogens with one attached hydrogen (secondary N) is 1. The van der Waals surface area contributed by atoms with Gasteiger partial charge in [0.1, 0.15) is 6.10 Å². The number of nitrogens with zero attached hydrogens (tertiary/aromatic N) is 1. The molecule has 1 fully saturated rings. The lowest BCUT2D eigenvalue weighted by molar-refractivity contribution is -0.0812. The van der Waals surface area contributed by atoms with Crippen molar-refractivity contribution in [3.8, 4) is 5.88 Å². The van der Waals surface area contributed by atoms with E-state index in [0.717, 1.165) is 12.1 Å². The SMILES string of the molecule is CC(C)(C)NCc1cc(OC2COC2)nc2ccccc12. The summed E-state index contributed by atoms with van der Waals surface area (Å²) in [5.74, 6) is 0.688. The van der Waals surface area contributed by atoms with Crippen LogP contribution in [0.25, 0.3) is 10.9 Å². The van der Waals surface area contributed by atoms with E-state index in [-0.39, 0.29) is 11.6 Å². The molecule has 1 aliphatic rings. The van der Waals surface area contributed by atoms with Crippen molar-refractivity contribution in [1.82, 2.24) is 10.3 Å². The molecule has 1 aromatic carbocycles. The molecule has 4 heteroatoms. The Morgan fingerprint density at radius 1 is 1.29 bits per heavy atom. The van der Waals surface area contributed by atoms with E-state index in [0.29, 0.717) is 19.1 Å². The summed E-state index contributed by atoms with van der Waals surface area (Å²) in [6.45, 7) is 8.61. The van der Waals surface area contributed by atoms with Crippen LogP contribution in [0.2, 0.25) is 0 Å². The summed E-state index contributed by atoms with van der Waals surface area (Å²) in [5, 5.41) is 4.70. The smallest absolute Gasteiger partial charge is 0.214 e. The van der Waals surface area contributed by atoms with Gasteiger partial charge in [-0.25, -0.2) is 4.98 Å². The molecule has 0 spiro atoms. The lowest BCUT2D eigenvalue weighted by Gasteiger charge is -2.26. The number of para-hydroxylation sites is 1. The zero-order valence-corrected chi connectivity index (χ0v) is 12.8. The van der Waals surface area contributed by atoms with Gasteiger partial charge in [-0.1, -0.05) is 18.2 Å². The Kier molecular flexibility index (Phi) is 3.83. The quantitative estimate of drug-likeness (QED) is 0.938. The third kappa shape index (κ3) is 3.52. The van der Waals surface area contributed by atoms with Crippen LogP contribution in [-0.2, 0) is 11.3 Å². The Balaban J connectivity index is 1.90. The molecule has 4 nitrogen and oxygen atoms in total. The number of ether oxygens (including phenoxy) is 2. The molecule has 3 rings (SSSR count). The predicted octanol–water partition coefficient (Wildman–Crippen LogP) is 2.90. The molecule has 21 heavy (non-hydrogen) atoms. The van der Waals surface area contributed by atoms with Gasteiger partial charge < -0.3 is 14.8 Å². The van der Waals surface area contributed by atoms with Gasteiger partial charge in [0.05, 0.1) is 18.7 Å². The van der Waals surface area contributed by atoms with E-state index in [1.807, 2.05) is 24.3 Å². The van der Waals surface area contributed by atoms with Crippen molar-refractivity contribution in [2.24, 2.45) is 0 Å². The number of rotatable bonds is 4. The van der Waals surface area contributed by atoms with E-state index >= 15 is 0 Å². The topological polar surface area (TPSA) is 43.4 Å². The van der Waals surface area contributed by atoms with Crippen LogP contribution < -0.4 is 10.1 Å². The van der Waals surface area contributed by atoms with Gasteiger partial charge in [-0.15, -0.1) is 0 Å². The van der Waals surface area contributed by atoms with Gasteiger partial charge in [0.25, 0.3) is 0 Å². The van der Waals surface area contributed by atoms with Crippen LogP contribution in [0.3, 0.4) is 0 Å². The second-order valence-electron chi connectivity index (χ2n) is 6.52. The number of pyridine rings is 1. The van der Waals surface area contributed by atoms with E-state index < -0.39 is 0 Å². The molecule has 0 aliphatic carbocycles. The van der Waals surface area contributed by atoms with Crippen LogP contribution in [0.15, 0.2) is 30.3 Å². The van der Waals surface area contributed by atoms with Crippen molar-refractivity contribution in [1.29, 1.82) is 0 Å². The van der Waals surface area contributed by atoms with Crippen molar-refractivity contribution >= 4 is 10.9 Å². The van der Waals surface area contributed by atoms with Crippen molar-refractivity contribution in [3.05, 3.63) is 35.9 Å². The Morgan fingerprint density at radius 2 is 2.05 bits per heavy atom. The fourth-order valence-corrected chi connectivity index (χ4v) is 2.24. The van der Waals surface area contributed by atoms with Gasteiger partial charge in [-0.2, -0.15) is 0 Å². The molecule has 0 unspecified atom stereocenters. The number of benzene rings is 1. The van der Waals surface area contributed by atoms with Crippen LogP contribution in [-0.4, -0.2) is 29.8 Å². The van der Waals surface area contributed by atoms with E-state index in [9.17, 15) is 0 Å². The van der Waals surface area contributed by atoms with Crippen molar-refractivity contribution in [2.75, 3.05) is 13.2 Å². The summed E-state index contributed by atoms with van der Waals surface area (Å²) in [6.07, 6.45) is 0.141. The van der Waals surface area contributed by atoms with Gasteiger partial charge in [0, 0.05) is 23.5 Å². The van der Waals surface area contributed by atoms with Crippen molar-refractivity contribution in [3.63, 3.8) is 0 Å². The first-order valence-electron chi connectivity index (χ1n) is 7.39. The minimum atomic E-state index is 0.0766. The van der Waals surface area contributed by atoms with E-state index in [4.69, 9.17) is 9.47 Å². The van der Waals surface area contributed by atoms with E-state index in [1.165, 1.54) is 10.9 Å². The molecule has 1 saturated heterocycles. The first-order valence-corrected chi connectivity index (χ1v) is 7.39. The van der Waals surface area contributed by atoms with Gasteiger partial charge in [0.2, 0.25) is 5.88 Å². The molecule has 112 valence electrons. The zero-order chi connectivity index (χ0) is 14.9. The monoisotopic (exact) mass is 286 g/mol. The molecule has 0 saturated carbocycles. The highest BCUT2D eigenvalue weighted by Crippen LogP contribution is 2.24. The Hall–Kier alpha value is -1.65. The molecule has 1 aromatic heterocycles. The maximum atomic E-state index is 5.87. The predicted molar refractivity (Wildman–Crippen MR) is 83.6 cm³/mol. The lowest BCUT2D eigenvalue weighted by Crippen LogP contribution is -2.38. The van der Waals surface area contributed by atoms with Crippen molar-refractivity contribution < 1.29 is 9.47 Å². The molecule has 1 N–H and O–H groups in total. The molecule has 2 heterocycles. The van der Waals surface area contributed by atoms with Gasteiger partial charge in [0.15, 0.2) is 0 Å². The first kappa shape index (κ1) is 14.3. The Morgan fingerprint density at radius 3 is 2.71 bits per heavy atom. The second-order valence-corrected chi connectivity index (χ2v) is 6.52. The summed E-state index contributed by atoms with van der Waals surface area (Å²) < 4.78 is 11.0. The number of hydrogen-bond acceptors (Lipinski definition) is 4. The van der Waals surface area contributed by atoms with E-state index in [1.54, 1.807) is 0 Å². The van der Waals surface area contributed by atoms with Gasteiger partial charge in [-0.3, -0.25) is 0 Å². The third-order valence-electron chi connectivity index (χ3n) is 3.48. The minimum absolute atomic E-state index is 0.0766. The van der Waals surface area contributed by atoms with Crippen LogP contribution in [0.5, 0.6) is 5.88 Å². The van der Waals surface area contributed by atoms with Crippen LogP contribution in [0, 0.1) is 0 Å². The Labute approximate surface area is 125 Å². The average Bonchev–Trinajstić information content (AvgIpc) is 2.39. The number of fused-ring (bicyclic) bond motifs is 1. The molecule has 0 bridgehead atoms. The summed E-state index contributed by atoms with van der Waals surface area (Å²) in [7, 11) is 0. The molecular weight excluding hydrogens is 264 g/mol. The van der Waals surface area contributed by atoms with Crippen LogP contribution >= 0.6 is 0 Å². The molecular formula is C17H22N2O2. The third-order valence-corrected chi connectivity index (χ3v) is 3.48. The second kappa shape index (κ2) is 5.62. The summed E-state index contributed by atoms with van der Waals surface area (Å²) in [4.78, 5) is 4.60. The Bertz CT molecular complexity index is 630.